The molecule has 0 radical (unpaired) electrons. The highest BCUT2D eigenvalue weighted by Gasteiger charge is 2.32. The second-order valence-corrected chi connectivity index (χ2v) is 5.38. The van der Waals surface area contributed by atoms with Crippen molar-refractivity contribution >= 4 is 0 Å². The van der Waals surface area contributed by atoms with Gasteiger partial charge in [-0.05, 0) is 44.1 Å². The number of hydrogen-bond donors (Lipinski definition) is 1. The van der Waals surface area contributed by atoms with Crippen LogP contribution in [0.4, 0.5) is 0 Å². The average Bonchev–Trinajstić information content (AvgIpc) is 2.42. The van der Waals surface area contributed by atoms with Crippen LogP contribution in [-0.4, -0.2) is 44.3 Å². The Balaban J connectivity index is 2.30. The van der Waals surface area contributed by atoms with Crippen LogP contribution in [0.5, 0.6) is 0 Å². The zero-order valence-corrected chi connectivity index (χ0v) is 12.6. The van der Waals surface area contributed by atoms with E-state index in [0.717, 1.165) is 26.2 Å². The van der Waals surface area contributed by atoms with Gasteiger partial charge in [0.1, 0.15) is 0 Å². The summed E-state index contributed by atoms with van der Waals surface area (Å²) in [5.41, 5.74) is 4.10. The van der Waals surface area contributed by atoms with Gasteiger partial charge in [-0.2, -0.15) is 0 Å². The zero-order chi connectivity index (χ0) is 13.8. The van der Waals surface area contributed by atoms with Crippen LogP contribution < -0.4 is 5.32 Å². The normalized spacial score (nSPS) is 24.6. The maximum Gasteiger partial charge on any atom is 0.0896 e. The van der Waals surface area contributed by atoms with E-state index < -0.39 is 0 Å². The molecule has 0 bridgehead atoms. The summed E-state index contributed by atoms with van der Waals surface area (Å²) >= 11 is 0. The van der Waals surface area contributed by atoms with Gasteiger partial charge >= 0.3 is 0 Å². The molecule has 1 heterocycles. The standard InChI is InChI=1S/C16H26N2O/c1-5-18-8-9-19-15(11-17-4)16(18)14-7-6-12(2)13(3)10-14/h6-7,10,15-17H,5,8-9,11H2,1-4H3. The van der Waals surface area contributed by atoms with Crippen molar-refractivity contribution in [2.45, 2.75) is 32.9 Å². The first kappa shape index (κ1) is 14.5. The lowest BCUT2D eigenvalue weighted by molar-refractivity contribution is -0.0686. The van der Waals surface area contributed by atoms with Gasteiger partial charge in [0, 0.05) is 13.1 Å². The number of morpholine rings is 1. The Morgan fingerprint density at radius 3 is 2.74 bits per heavy atom. The van der Waals surface area contributed by atoms with E-state index in [1.807, 2.05) is 7.05 Å². The van der Waals surface area contributed by atoms with Crippen LogP contribution in [-0.2, 0) is 4.74 Å². The fourth-order valence-corrected chi connectivity index (χ4v) is 2.89. The number of ether oxygens (including phenoxy) is 1. The molecule has 1 aromatic carbocycles. The molecule has 19 heavy (non-hydrogen) atoms. The van der Waals surface area contributed by atoms with Gasteiger partial charge in [0.25, 0.3) is 0 Å². The van der Waals surface area contributed by atoms with Crippen molar-refractivity contribution < 1.29 is 4.74 Å². The van der Waals surface area contributed by atoms with Crippen molar-refractivity contribution in [3.05, 3.63) is 34.9 Å². The Morgan fingerprint density at radius 1 is 1.32 bits per heavy atom. The predicted octanol–water partition coefficient (Wildman–Crippen LogP) is 2.28. The minimum Gasteiger partial charge on any atom is -0.374 e. The van der Waals surface area contributed by atoms with Crippen molar-refractivity contribution in [2.75, 3.05) is 33.3 Å². The molecular weight excluding hydrogens is 236 g/mol. The summed E-state index contributed by atoms with van der Waals surface area (Å²) in [6.07, 6.45) is 0.237. The van der Waals surface area contributed by atoms with Gasteiger partial charge in [-0.15, -0.1) is 0 Å². The third-order valence-corrected chi connectivity index (χ3v) is 4.14. The lowest BCUT2D eigenvalue weighted by atomic mass is 9.95. The lowest BCUT2D eigenvalue weighted by Crippen LogP contribution is -2.48. The van der Waals surface area contributed by atoms with E-state index in [1.165, 1.54) is 16.7 Å². The molecular formula is C16H26N2O. The molecule has 3 nitrogen and oxygen atoms in total. The molecule has 1 fully saturated rings. The summed E-state index contributed by atoms with van der Waals surface area (Å²) in [5, 5.41) is 3.26. The molecule has 2 rings (SSSR count). The van der Waals surface area contributed by atoms with Crippen LogP contribution in [0.3, 0.4) is 0 Å². The Hall–Kier alpha value is -0.900. The first-order chi connectivity index (χ1) is 9.17. The molecule has 2 unspecified atom stereocenters. The second kappa shape index (κ2) is 6.51. The molecule has 1 aromatic rings. The fraction of sp³-hybridized carbons (Fsp3) is 0.625. The van der Waals surface area contributed by atoms with E-state index in [9.17, 15) is 0 Å². The highest BCUT2D eigenvalue weighted by molar-refractivity contribution is 5.32. The van der Waals surface area contributed by atoms with Gasteiger partial charge in [0.05, 0.1) is 18.8 Å². The van der Waals surface area contributed by atoms with E-state index in [-0.39, 0.29) is 6.10 Å². The smallest absolute Gasteiger partial charge is 0.0896 e. The van der Waals surface area contributed by atoms with Crippen LogP contribution in [0, 0.1) is 13.8 Å². The van der Waals surface area contributed by atoms with E-state index in [4.69, 9.17) is 4.74 Å². The first-order valence-electron chi connectivity index (χ1n) is 7.24. The van der Waals surface area contributed by atoms with Crippen molar-refractivity contribution in [1.29, 1.82) is 0 Å². The average molecular weight is 262 g/mol. The molecule has 1 N–H and O–H groups in total. The molecule has 1 aliphatic heterocycles. The Kier molecular flexibility index (Phi) is 4.97. The van der Waals surface area contributed by atoms with Crippen molar-refractivity contribution in [3.8, 4) is 0 Å². The number of nitrogens with one attached hydrogen (secondary N) is 1. The van der Waals surface area contributed by atoms with Crippen LogP contribution in [0.1, 0.15) is 29.7 Å². The molecule has 3 heteroatoms. The molecule has 0 spiro atoms. The van der Waals surface area contributed by atoms with E-state index >= 15 is 0 Å². The highest BCUT2D eigenvalue weighted by Crippen LogP contribution is 2.30. The zero-order valence-electron chi connectivity index (χ0n) is 12.6. The van der Waals surface area contributed by atoms with Gasteiger partial charge in [-0.3, -0.25) is 4.90 Å². The Morgan fingerprint density at radius 2 is 2.11 bits per heavy atom. The van der Waals surface area contributed by atoms with Gasteiger partial charge < -0.3 is 10.1 Å². The molecule has 0 amide bonds. The van der Waals surface area contributed by atoms with Crippen LogP contribution in [0.25, 0.3) is 0 Å². The Bertz CT molecular complexity index is 417. The first-order valence-corrected chi connectivity index (χ1v) is 7.24. The Labute approximate surface area is 116 Å². The van der Waals surface area contributed by atoms with Gasteiger partial charge in [-0.1, -0.05) is 25.1 Å². The van der Waals surface area contributed by atoms with E-state index in [2.05, 4.69) is 49.2 Å². The summed E-state index contributed by atoms with van der Waals surface area (Å²) in [6, 6.07) is 7.17. The number of likely N-dealkylation sites (N-methyl/N-ethyl adjacent to an activating group) is 2. The van der Waals surface area contributed by atoms with Crippen LogP contribution in [0.2, 0.25) is 0 Å². The summed E-state index contributed by atoms with van der Waals surface area (Å²) in [5.74, 6) is 0. The SMILES string of the molecule is CCN1CCOC(CNC)C1c1ccc(C)c(C)c1. The summed E-state index contributed by atoms with van der Waals surface area (Å²) in [4.78, 5) is 2.52. The molecule has 106 valence electrons. The maximum absolute atomic E-state index is 5.98. The molecule has 1 saturated heterocycles. The van der Waals surface area contributed by atoms with E-state index in [0.29, 0.717) is 6.04 Å². The summed E-state index contributed by atoms with van der Waals surface area (Å²) in [6.45, 7) is 10.4. The van der Waals surface area contributed by atoms with Crippen molar-refractivity contribution in [2.24, 2.45) is 0 Å². The quantitative estimate of drug-likeness (QED) is 0.901. The van der Waals surface area contributed by atoms with Gasteiger partial charge in [-0.25, -0.2) is 0 Å². The number of rotatable bonds is 4. The largest absolute Gasteiger partial charge is 0.374 e. The third kappa shape index (κ3) is 3.16. The minimum atomic E-state index is 0.237. The fourth-order valence-electron chi connectivity index (χ4n) is 2.89. The predicted molar refractivity (Wildman–Crippen MR) is 79.6 cm³/mol. The topological polar surface area (TPSA) is 24.5 Å². The van der Waals surface area contributed by atoms with Gasteiger partial charge in [0.2, 0.25) is 0 Å². The monoisotopic (exact) mass is 262 g/mol. The number of hydrogen-bond acceptors (Lipinski definition) is 3. The molecule has 1 aliphatic rings. The highest BCUT2D eigenvalue weighted by atomic mass is 16.5. The van der Waals surface area contributed by atoms with Crippen LogP contribution >= 0.6 is 0 Å². The lowest BCUT2D eigenvalue weighted by Gasteiger charge is -2.41. The molecule has 0 saturated carbocycles. The number of benzene rings is 1. The molecule has 2 atom stereocenters. The molecule has 0 aliphatic carbocycles. The van der Waals surface area contributed by atoms with Gasteiger partial charge in [0.15, 0.2) is 0 Å². The minimum absolute atomic E-state index is 0.237. The summed E-state index contributed by atoms with van der Waals surface area (Å²) in [7, 11) is 1.99. The summed E-state index contributed by atoms with van der Waals surface area (Å²) < 4.78 is 5.98. The third-order valence-electron chi connectivity index (χ3n) is 4.14. The maximum atomic E-state index is 5.98. The van der Waals surface area contributed by atoms with E-state index in [1.54, 1.807) is 0 Å². The number of aryl methyl sites for hydroxylation is 2. The second-order valence-electron chi connectivity index (χ2n) is 5.38. The number of nitrogens with zero attached hydrogens (tertiary/aromatic N) is 1. The van der Waals surface area contributed by atoms with Crippen molar-refractivity contribution in [3.63, 3.8) is 0 Å². The van der Waals surface area contributed by atoms with Crippen LogP contribution in [0.15, 0.2) is 18.2 Å². The molecule has 0 aromatic heterocycles. The van der Waals surface area contributed by atoms with Crippen molar-refractivity contribution in [1.82, 2.24) is 10.2 Å².